The first kappa shape index (κ1) is 21.3. The second-order valence-corrected chi connectivity index (χ2v) is 7.66. The average Bonchev–Trinajstić information content (AvgIpc) is 3.03. The molecule has 0 saturated carbocycles. The molecule has 1 heterocycles. The van der Waals surface area contributed by atoms with E-state index in [4.69, 9.17) is 4.74 Å². The van der Waals surface area contributed by atoms with Crippen LogP contribution in [0.2, 0.25) is 0 Å². The Hall–Kier alpha value is -3.92. The molecule has 0 unspecified atom stereocenters. The largest absolute Gasteiger partial charge is 0.490 e. The molecule has 0 fully saturated rings. The molecule has 0 spiro atoms. The Morgan fingerprint density at radius 1 is 0.750 bits per heavy atom. The highest BCUT2D eigenvalue weighted by atomic mass is 16.5. The number of imide groups is 1. The lowest BCUT2D eigenvalue weighted by molar-refractivity contribution is 0.0634. The van der Waals surface area contributed by atoms with Gasteiger partial charge in [-0.3, -0.25) is 14.5 Å². The summed E-state index contributed by atoms with van der Waals surface area (Å²) in [6.45, 7) is 2.28. The molecule has 2 aromatic carbocycles. The fourth-order valence-corrected chi connectivity index (χ4v) is 3.71. The smallest absolute Gasteiger partial charge is 0.261 e. The molecular weight excluding hydrogens is 398 g/mol. The van der Waals surface area contributed by atoms with E-state index in [1.54, 1.807) is 24.3 Å². The fourth-order valence-electron chi connectivity index (χ4n) is 3.71. The van der Waals surface area contributed by atoms with E-state index < -0.39 is 0 Å². The summed E-state index contributed by atoms with van der Waals surface area (Å²) in [5.41, 5.74) is 2.99. The Morgan fingerprint density at radius 2 is 1.34 bits per heavy atom. The van der Waals surface area contributed by atoms with Gasteiger partial charge in [0.25, 0.3) is 11.8 Å². The number of carbonyl (C=O) groups is 2. The first-order valence-electron chi connectivity index (χ1n) is 10.7. The van der Waals surface area contributed by atoms with Crippen molar-refractivity contribution in [3.63, 3.8) is 0 Å². The lowest BCUT2D eigenvalue weighted by Gasteiger charge is -2.20. The van der Waals surface area contributed by atoms with E-state index in [2.05, 4.69) is 0 Å². The molecule has 1 aliphatic carbocycles. The number of amides is 2. The summed E-state index contributed by atoms with van der Waals surface area (Å²) in [5, 5.41) is 0. The quantitative estimate of drug-likeness (QED) is 0.567. The number of rotatable bonds is 5. The molecule has 1 atom stereocenters. The molecule has 0 radical (unpaired) electrons. The van der Waals surface area contributed by atoms with Gasteiger partial charge >= 0.3 is 0 Å². The monoisotopic (exact) mass is 423 g/mol. The first-order chi connectivity index (χ1) is 15.6. The zero-order chi connectivity index (χ0) is 22.3. The molecule has 160 valence electrons. The number of hydrogen-bond donors (Lipinski definition) is 0. The van der Waals surface area contributed by atoms with Gasteiger partial charge in [0.15, 0.2) is 0 Å². The minimum atomic E-state index is -0.233. The topological polar surface area (TPSA) is 46.6 Å². The maximum absolute atomic E-state index is 12.6. The summed E-state index contributed by atoms with van der Waals surface area (Å²) in [5.74, 6) is 0.302. The predicted octanol–water partition coefficient (Wildman–Crippen LogP) is 5.85. The molecule has 2 amide bonds. The van der Waals surface area contributed by atoms with E-state index in [-0.39, 0.29) is 17.9 Å². The second-order valence-electron chi connectivity index (χ2n) is 7.66. The Kier molecular flexibility index (Phi) is 6.61. The molecule has 4 nitrogen and oxygen atoms in total. The molecule has 2 aliphatic rings. The number of carbonyl (C=O) groups excluding carboxylic acids is 2. The van der Waals surface area contributed by atoms with Gasteiger partial charge in [0.1, 0.15) is 5.75 Å². The van der Waals surface area contributed by atoms with Gasteiger partial charge in [-0.1, -0.05) is 85.0 Å². The molecule has 32 heavy (non-hydrogen) atoms. The van der Waals surface area contributed by atoms with Crippen LogP contribution in [-0.2, 0) is 0 Å². The number of nitrogens with zero attached hydrogens (tertiary/aromatic N) is 1. The fraction of sp³-hybridized carbons (Fsp3) is 0.143. The van der Waals surface area contributed by atoms with Crippen LogP contribution in [0.4, 0.5) is 0 Å². The third-order valence-electron chi connectivity index (χ3n) is 5.38. The summed E-state index contributed by atoms with van der Waals surface area (Å²) < 4.78 is 6.25. The molecule has 1 aliphatic heterocycles. The van der Waals surface area contributed by atoms with Crippen molar-refractivity contribution in [1.29, 1.82) is 0 Å². The Labute approximate surface area is 188 Å². The van der Waals surface area contributed by atoms with E-state index in [9.17, 15) is 9.59 Å². The molecule has 0 N–H and O–H groups in total. The number of hydrogen-bond acceptors (Lipinski definition) is 3. The van der Waals surface area contributed by atoms with Crippen molar-refractivity contribution in [3.05, 3.63) is 113 Å². The van der Waals surface area contributed by atoms with Crippen molar-refractivity contribution in [2.45, 2.75) is 19.4 Å². The number of ether oxygens (including phenoxy) is 1. The maximum Gasteiger partial charge on any atom is 0.261 e. The number of benzene rings is 2. The van der Waals surface area contributed by atoms with Crippen molar-refractivity contribution < 1.29 is 14.3 Å². The van der Waals surface area contributed by atoms with Gasteiger partial charge in [-0.2, -0.15) is 0 Å². The van der Waals surface area contributed by atoms with Crippen LogP contribution in [-0.4, -0.2) is 29.4 Å². The normalized spacial score (nSPS) is 20.8. The Balaban J connectivity index is 1.47. The summed E-state index contributed by atoms with van der Waals surface area (Å²) in [6.07, 6.45) is 20.3. The summed E-state index contributed by atoms with van der Waals surface area (Å²) in [4.78, 5) is 26.5. The highest BCUT2D eigenvalue weighted by Gasteiger charge is 2.34. The van der Waals surface area contributed by atoms with E-state index >= 15 is 0 Å². The first-order valence-corrected chi connectivity index (χ1v) is 10.7. The lowest BCUT2D eigenvalue weighted by atomic mass is 10.0. The van der Waals surface area contributed by atoms with Gasteiger partial charge in [0, 0.05) is 18.5 Å². The molecule has 0 aromatic heterocycles. The lowest BCUT2D eigenvalue weighted by Crippen LogP contribution is -2.33. The summed E-state index contributed by atoms with van der Waals surface area (Å²) in [7, 11) is 0. The SMILES string of the molecule is C[C@@H](CCN1C(=O)c2ccccc2C1=O)Oc1cccc2c1\C=C/C=C\C=C/C=C\C=C/2. The highest BCUT2D eigenvalue weighted by molar-refractivity contribution is 6.21. The van der Waals surface area contributed by atoms with E-state index in [0.29, 0.717) is 24.1 Å². The van der Waals surface area contributed by atoms with Crippen LogP contribution in [0.3, 0.4) is 0 Å². The van der Waals surface area contributed by atoms with Crippen molar-refractivity contribution >= 4 is 24.0 Å². The van der Waals surface area contributed by atoms with E-state index in [0.717, 1.165) is 16.9 Å². The summed E-state index contributed by atoms with van der Waals surface area (Å²) >= 11 is 0. The Morgan fingerprint density at radius 3 is 2.00 bits per heavy atom. The van der Waals surface area contributed by atoms with Crippen molar-refractivity contribution in [2.24, 2.45) is 0 Å². The molecular formula is C28H25NO3. The van der Waals surface area contributed by atoms with Crippen LogP contribution in [0.25, 0.3) is 12.2 Å². The van der Waals surface area contributed by atoms with Gasteiger partial charge in [-0.05, 0) is 30.7 Å². The molecule has 0 bridgehead atoms. The molecule has 2 aromatic rings. The van der Waals surface area contributed by atoms with E-state index in [1.165, 1.54) is 4.90 Å². The highest BCUT2D eigenvalue weighted by Crippen LogP contribution is 2.28. The Bertz CT molecular complexity index is 1130. The van der Waals surface area contributed by atoms with Crippen LogP contribution >= 0.6 is 0 Å². The molecule has 4 heteroatoms. The standard InChI is InChI=1S/C28H25NO3/c1-21(19-20-29-27(30)24-16-10-11-17-25(24)28(29)31)32-26-18-12-14-22-13-8-6-4-2-3-5-7-9-15-23(22)26/h2-18,21H,19-20H2,1H3/b3-2-,4-2?,5-3?,6-4-,7-5-,8-6?,9-7?,13-8-,15-9-,22-13?,23-15?/t21-/m0/s1. The van der Waals surface area contributed by atoms with Crippen LogP contribution in [0.5, 0.6) is 5.75 Å². The van der Waals surface area contributed by atoms with Gasteiger partial charge in [-0.25, -0.2) is 0 Å². The van der Waals surface area contributed by atoms with Crippen LogP contribution in [0.1, 0.15) is 45.2 Å². The zero-order valence-corrected chi connectivity index (χ0v) is 18.0. The average molecular weight is 424 g/mol. The van der Waals surface area contributed by atoms with Crippen LogP contribution < -0.4 is 4.74 Å². The number of allylic oxidation sites excluding steroid dienone is 8. The predicted molar refractivity (Wildman–Crippen MR) is 128 cm³/mol. The van der Waals surface area contributed by atoms with Gasteiger partial charge in [0.2, 0.25) is 0 Å². The van der Waals surface area contributed by atoms with Crippen LogP contribution in [0.15, 0.2) is 91.1 Å². The third-order valence-corrected chi connectivity index (χ3v) is 5.38. The maximum atomic E-state index is 12.6. The van der Waals surface area contributed by atoms with Gasteiger partial charge in [0.05, 0.1) is 17.2 Å². The van der Waals surface area contributed by atoms with Crippen molar-refractivity contribution in [3.8, 4) is 5.75 Å². The second kappa shape index (κ2) is 9.92. The van der Waals surface area contributed by atoms with Crippen molar-refractivity contribution in [2.75, 3.05) is 6.54 Å². The third kappa shape index (κ3) is 4.70. The van der Waals surface area contributed by atoms with Crippen LogP contribution in [0, 0.1) is 0 Å². The minimum absolute atomic E-state index is 0.178. The van der Waals surface area contributed by atoms with Gasteiger partial charge in [-0.15, -0.1) is 0 Å². The van der Waals surface area contributed by atoms with E-state index in [1.807, 2.05) is 85.9 Å². The minimum Gasteiger partial charge on any atom is -0.490 e. The molecule has 4 rings (SSSR count). The van der Waals surface area contributed by atoms with Crippen molar-refractivity contribution in [1.82, 2.24) is 4.90 Å². The summed E-state index contributed by atoms with van der Waals surface area (Å²) in [6, 6.07) is 12.9. The molecule has 0 saturated heterocycles. The van der Waals surface area contributed by atoms with Gasteiger partial charge < -0.3 is 4.74 Å². The number of fused-ring (bicyclic) bond motifs is 2. The zero-order valence-electron chi connectivity index (χ0n) is 18.0.